The molecular formula is C23H25FN4OS. The van der Waals surface area contributed by atoms with Gasteiger partial charge in [-0.3, -0.25) is 9.69 Å². The number of aromatic nitrogens is 1. The maximum Gasteiger partial charge on any atom is 0.236 e. The van der Waals surface area contributed by atoms with Crippen molar-refractivity contribution >= 4 is 33.1 Å². The Kier molecular flexibility index (Phi) is 5.39. The fourth-order valence-electron chi connectivity index (χ4n) is 4.51. The van der Waals surface area contributed by atoms with Crippen LogP contribution in [0.15, 0.2) is 48.5 Å². The van der Waals surface area contributed by atoms with Gasteiger partial charge in [-0.25, -0.2) is 9.37 Å². The minimum Gasteiger partial charge on any atom is -0.366 e. The summed E-state index contributed by atoms with van der Waals surface area (Å²) in [5, 5.41) is 1.12. The van der Waals surface area contributed by atoms with Crippen LogP contribution in [0.3, 0.4) is 0 Å². The number of thiazole rings is 1. The molecule has 5 nitrogen and oxygen atoms in total. The third-order valence-corrected chi connectivity index (χ3v) is 7.26. The maximum atomic E-state index is 14.0. The molecule has 30 heavy (non-hydrogen) atoms. The number of carbonyl (C=O) groups is 1. The summed E-state index contributed by atoms with van der Waals surface area (Å²) in [4.78, 5) is 24.0. The number of amides is 1. The smallest absolute Gasteiger partial charge is 0.236 e. The number of fused-ring (bicyclic) bond motifs is 1. The van der Waals surface area contributed by atoms with Crippen molar-refractivity contribution in [2.45, 2.75) is 18.9 Å². The minimum atomic E-state index is -0.201. The van der Waals surface area contributed by atoms with Gasteiger partial charge in [-0.05, 0) is 43.7 Å². The first kappa shape index (κ1) is 19.5. The van der Waals surface area contributed by atoms with E-state index < -0.39 is 0 Å². The molecule has 0 bridgehead atoms. The van der Waals surface area contributed by atoms with Gasteiger partial charge >= 0.3 is 0 Å². The number of piperazine rings is 1. The Morgan fingerprint density at radius 1 is 1.03 bits per heavy atom. The summed E-state index contributed by atoms with van der Waals surface area (Å²) >= 11 is 1.74. The number of hydrogen-bond acceptors (Lipinski definition) is 5. The molecule has 2 aromatic carbocycles. The number of para-hydroxylation sites is 2. The van der Waals surface area contributed by atoms with Crippen LogP contribution in [0.25, 0.3) is 10.2 Å². The SMILES string of the molecule is O=C(CN1CCC[C@H]1c1nc2ccccc2s1)N1CCN(c2ccccc2F)CC1. The number of hydrogen-bond donors (Lipinski definition) is 0. The van der Waals surface area contributed by atoms with Crippen LogP contribution in [0.4, 0.5) is 10.1 Å². The Bertz CT molecular complexity index is 1010. The van der Waals surface area contributed by atoms with Crippen LogP contribution in [0, 0.1) is 5.82 Å². The molecule has 2 saturated heterocycles. The van der Waals surface area contributed by atoms with Crippen LogP contribution < -0.4 is 4.90 Å². The largest absolute Gasteiger partial charge is 0.366 e. The molecule has 2 aliphatic heterocycles. The normalized spacial score (nSPS) is 20.2. The lowest BCUT2D eigenvalue weighted by molar-refractivity contribution is -0.133. The van der Waals surface area contributed by atoms with Crippen LogP contribution >= 0.6 is 11.3 Å². The second kappa shape index (κ2) is 8.32. The summed E-state index contributed by atoms with van der Waals surface area (Å²) in [6.07, 6.45) is 2.14. The van der Waals surface area contributed by atoms with E-state index in [0.29, 0.717) is 38.4 Å². The first-order valence-corrected chi connectivity index (χ1v) is 11.4. The highest BCUT2D eigenvalue weighted by Gasteiger charge is 2.32. The molecule has 0 N–H and O–H groups in total. The fraction of sp³-hybridized carbons (Fsp3) is 0.391. The van der Waals surface area contributed by atoms with Crippen molar-refractivity contribution < 1.29 is 9.18 Å². The molecule has 7 heteroatoms. The standard InChI is InChI=1S/C23H25FN4OS/c24-17-6-1-3-8-19(17)26-12-14-27(15-13-26)22(29)16-28-11-5-9-20(28)23-25-18-7-2-4-10-21(18)30-23/h1-4,6-8,10,20H,5,9,11-16H2/t20-/m0/s1. The van der Waals surface area contributed by atoms with Crippen molar-refractivity contribution in [3.63, 3.8) is 0 Å². The van der Waals surface area contributed by atoms with Gasteiger partial charge in [-0.2, -0.15) is 0 Å². The number of benzene rings is 2. The van der Waals surface area contributed by atoms with Gasteiger partial charge < -0.3 is 9.80 Å². The van der Waals surface area contributed by atoms with Gasteiger partial charge in [0.15, 0.2) is 0 Å². The summed E-state index contributed by atoms with van der Waals surface area (Å²) in [6, 6.07) is 15.3. The van der Waals surface area contributed by atoms with Crippen LogP contribution in [0.5, 0.6) is 0 Å². The zero-order chi connectivity index (χ0) is 20.5. The van der Waals surface area contributed by atoms with Crippen molar-refractivity contribution in [3.8, 4) is 0 Å². The topological polar surface area (TPSA) is 39.7 Å². The molecule has 0 spiro atoms. The zero-order valence-corrected chi connectivity index (χ0v) is 17.7. The highest BCUT2D eigenvalue weighted by atomic mass is 32.1. The van der Waals surface area contributed by atoms with E-state index in [0.717, 1.165) is 29.9 Å². The molecule has 1 aromatic heterocycles. The predicted molar refractivity (Wildman–Crippen MR) is 118 cm³/mol. The van der Waals surface area contributed by atoms with Crippen LogP contribution in [0.2, 0.25) is 0 Å². The molecule has 1 atom stereocenters. The van der Waals surface area contributed by atoms with Crippen molar-refractivity contribution in [1.29, 1.82) is 0 Å². The summed E-state index contributed by atoms with van der Waals surface area (Å²) in [5.41, 5.74) is 1.67. The molecule has 3 heterocycles. The Morgan fingerprint density at radius 2 is 1.80 bits per heavy atom. The molecule has 3 aromatic rings. The lowest BCUT2D eigenvalue weighted by Crippen LogP contribution is -2.51. The van der Waals surface area contributed by atoms with Gasteiger partial charge in [-0.15, -0.1) is 11.3 Å². The van der Waals surface area contributed by atoms with Crippen LogP contribution in [-0.2, 0) is 4.79 Å². The Morgan fingerprint density at radius 3 is 2.60 bits per heavy atom. The molecule has 0 radical (unpaired) electrons. The summed E-state index contributed by atoms with van der Waals surface area (Å²) in [5.74, 6) is -0.0378. The zero-order valence-electron chi connectivity index (χ0n) is 16.8. The first-order chi connectivity index (χ1) is 14.7. The second-order valence-corrected chi connectivity index (χ2v) is 9.03. The fourth-order valence-corrected chi connectivity index (χ4v) is 5.64. The van der Waals surface area contributed by atoms with E-state index >= 15 is 0 Å². The summed E-state index contributed by atoms with van der Waals surface area (Å²) in [6.45, 7) is 3.95. The number of halogens is 1. The van der Waals surface area contributed by atoms with E-state index in [1.807, 2.05) is 28.0 Å². The van der Waals surface area contributed by atoms with Crippen LogP contribution in [-0.4, -0.2) is 60.0 Å². The molecule has 1 amide bonds. The van der Waals surface area contributed by atoms with E-state index in [2.05, 4.69) is 17.0 Å². The highest BCUT2D eigenvalue weighted by molar-refractivity contribution is 7.18. The van der Waals surface area contributed by atoms with E-state index in [4.69, 9.17) is 4.98 Å². The van der Waals surface area contributed by atoms with Gasteiger partial charge in [0.25, 0.3) is 0 Å². The maximum absolute atomic E-state index is 14.0. The lowest BCUT2D eigenvalue weighted by Gasteiger charge is -2.37. The average molecular weight is 425 g/mol. The molecule has 0 aliphatic carbocycles. The second-order valence-electron chi connectivity index (χ2n) is 7.97. The quantitative estimate of drug-likeness (QED) is 0.637. The third-order valence-electron chi connectivity index (χ3n) is 6.12. The van der Waals surface area contributed by atoms with Crippen LogP contribution in [0.1, 0.15) is 23.9 Å². The van der Waals surface area contributed by atoms with Crippen molar-refractivity contribution in [2.75, 3.05) is 44.2 Å². The molecule has 2 fully saturated rings. The summed E-state index contributed by atoms with van der Waals surface area (Å²) in [7, 11) is 0. The Hall–Kier alpha value is -2.51. The molecular weight excluding hydrogens is 399 g/mol. The van der Waals surface area contributed by atoms with E-state index in [-0.39, 0.29) is 17.8 Å². The number of anilines is 1. The highest BCUT2D eigenvalue weighted by Crippen LogP contribution is 2.36. The van der Waals surface area contributed by atoms with E-state index in [1.54, 1.807) is 23.5 Å². The van der Waals surface area contributed by atoms with Crippen molar-refractivity contribution in [1.82, 2.24) is 14.8 Å². The van der Waals surface area contributed by atoms with Crippen molar-refractivity contribution in [2.24, 2.45) is 0 Å². The average Bonchev–Trinajstić information content (AvgIpc) is 3.40. The molecule has 5 rings (SSSR count). The third kappa shape index (κ3) is 3.79. The van der Waals surface area contributed by atoms with Gasteiger partial charge in [-0.1, -0.05) is 24.3 Å². The lowest BCUT2D eigenvalue weighted by atomic mass is 10.2. The molecule has 0 unspecified atom stereocenters. The van der Waals surface area contributed by atoms with Gasteiger partial charge in [0, 0.05) is 26.2 Å². The molecule has 156 valence electrons. The van der Waals surface area contributed by atoms with Crippen molar-refractivity contribution in [3.05, 3.63) is 59.4 Å². The Labute approximate surface area is 179 Å². The van der Waals surface area contributed by atoms with Gasteiger partial charge in [0.2, 0.25) is 5.91 Å². The van der Waals surface area contributed by atoms with Gasteiger partial charge in [0.05, 0.1) is 28.5 Å². The number of rotatable bonds is 4. The van der Waals surface area contributed by atoms with Gasteiger partial charge in [0.1, 0.15) is 10.8 Å². The number of nitrogens with zero attached hydrogens (tertiary/aromatic N) is 4. The predicted octanol–water partition coefficient (Wildman–Crippen LogP) is 3.92. The number of carbonyl (C=O) groups excluding carboxylic acids is 1. The monoisotopic (exact) mass is 424 g/mol. The first-order valence-electron chi connectivity index (χ1n) is 10.6. The Balaban J connectivity index is 1.21. The molecule has 2 aliphatic rings. The molecule has 0 saturated carbocycles. The summed E-state index contributed by atoms with van der Waals surface area (Å²) < 4.78 is 15.3. The number of likely N-dealkylation sites (tertiary alicyclic amines) is 1. The van der Waals surface area contributed by atoms with E-state index in [9.17, 15) is 9.18 Å². The minimum absolute atomic E-state index is 0.163. The van der Waals surface area contributed by atoms with E-state index in [1.165, 1.54) is 10.8 Å².